The largest absolute Gasteiger partial charge is 0.361 e. The molecule has 2 nitrogen and oxygen atoms in total. The van der Waals surface area contributed by atoms with Crippen LogP contribution < -0.4 is 5.73 Å². The second-order valence-corrected chi connectivity index (χ2v) is 3.14. The fourth-order valence-corrected chi connectivity index (χ4v) is 1.49. The molecule has 0 amide bonds. The van der Waals surface area contributed by atoms with Gasteiger partial charge in [-0.25, -0.2) is 0 Å². The third-order valence-corrected chi connectivity index (χ3v) is 2.18. The summed E-state index contributed by atoms with van der Waals surface area (Å²) in [5.74, 6) is 0. The number of halogens is 1. The number of fused-ring (bicyclic) bond motifs is 1. The van der Waals surface area contributed by atoms with E-state index in [0.717, 1.165) is 21.5 Å². The monoisotopic (exact) mass is 210 g/mol. The van der Waals surface area contributed by atoms with E-state index in [-0.39, 0.29) is 0 Å². The Balaban J connectivity index is 0.000000461. The predicted octanol–water partition coefficient (Wildman–Crippen LogP) is 3.31. The minimum atomic E-state index is 0.542. The highest BCUT2D eigenvalue weighted by atomic mass is 35.5. The number of rotatable bonds is 1. The van der Waals surface area contributed by atoms with Crippen LogP contribution in [-0.4, -0.2) is 4.98 Å². The molecule has 1 aromatic heterocycles. The van der Waals surface area contributed by atoms with Gasteiger partial charge in [-0.2, -0.15) is 0 Å². The summed E-state index contributed by atoms with van der Waals surface area (Å²) in [5, 5.41) is 1.86. The first-order chi connectivity index (χ1) is 6.81. The van der Waals surface area contributed by atoms with Crippen molar-refractivity contribution in [3.8, 4) is 0 Å². The standard InChI is InChI=1S/C9H9ClN2.C2H6/c10-7-1-2-9-8(3-7)6(4-11)5-12-9;1-2/h1-3,5,12H,4,11H2;1-2H3. The van der Waals surface area contributed by atoms with Crippen LogP contribution in [0.3, 0.4) is 0 Å². The molecular formula is C11H15ClN2. The smallest absolute Gasteiger partial charge is 0.0458 e. The van der Waals surface area contributed by atoms with E-state index >= 15 is 0 Å². The van der Waals surface area contributed by atoms with Gasteiger partial charge in [-0.15, -0.1) is 0 Å². The van der Waals surface area contributed by atoms with Crippen LogP contribution in [0.1, 0.15) is 19.4 Å². The molecular weight excluding hydrogens is 196 g/mol. The van der Waals surface area contributed by atoms with Crippen molar-refractivity contribution < 1.29 is 0 Å². The van der Waals surface area contributed by atoms with Crippen molar-refractivity contribution >= 4 is 22.5 Å². The lowest BCUT2D eigenvalue weighted by molar-refractivity contribution is 1.08. The zero-order valence-corrected chi connectivity index (χ0v) is 9.23. The van der Waals surface area contributed by atoms with Gasteiger partial charge in [0, 0.05) is 28.7 Å². The number of hydrogen-bond donors (Lipinski definition) is 2. The molecule has 14 heavy (non-hydrogen) atoms. The third kappa shape index (κ3) is 2.08. The Morgan fingerprint density at radius 2 is 2.07 bits per heavy atom. The van der Waals surface area contributed by atoms with Gasteiger partial charge in [0.1, 0.15) is 0 Å². The summed E-state index contributed by atoms with van der Waals surface area (Å²) in [4.78, 5) is 3.13. The van der Waals surface area contributed by atoms with Gasteiger partial charge in [-0.1, -0.05) is 25.4 Å². The summed E-state index contributed by atoms with van der Waals surface area (Å²) >= 11 is 5.85. The van der Waals surface area contributed by atoms with Crippen molar-refractivity contribution in [3.05, 3.63) is 35.0 Å². The Bertz CT molecular complexity index is 407. The van der Waals surface area contributed by atoms with Gasteiger partial charge in [0.25, 0.3) is 0 Å². The average molecular weight is 211 g/mol. The molecule has 0 aliphatic carbocycles. The quantitative estimate of drug-likeness (QED) is 0.745. The minimum absolute atomic E-state index is 0.542. The fourth-order valence-electron chi connectivity index (χ4n) is 1.32. The van der Waals surface area contributed by atoms with Crippen molar-refractivity contribution in [1.29, 1.82) is 0 Å². The van der Waals surface area contributed by atoms with Crippen molar-refractivity contribution in [1.82, 2.24) is 4.98 Å². The number of benzene rings is 1. The Labute approximate surface area is 89.1 Å². The van der Waals surface area contributed by atoms with Crippen LogP contribution in [0.2, 0.25) is 5.02 Å². The van der Waals surface area contributed by atoms with E-state index in [4.69, 9.17) is 17.3 Å². The second kappa shape index (κ2) is 5.03. The fraction of sp³-hybridized carbons (Fsp3) is 0.273. The Morgan fingerprint density at radius 3 is 2.71 bits per heavy atom. The average Bonchev–Trinajstić information content (AvgIpc) is 2.63. The highest BCUT2D eigenvalue weighted by molar-refractivity contribution is 6.31. The molecule has 0 radical (unpaired) electrons. The van der Waals surface area contributed by atoms with Gasteiger partial charge in [0.2, 0.25) is 0 Å². The summed E-state index contributed by atoms with van der Waals surface area (Å²) in [7, 11) is 0. The van der Waals surface area contributed by atoms with Crippen LogP contribution in [-0.2, 0) is 6.54 Å². The van der Waals surface area contributed by atoms with E-state index in [9.17, 15) is 0 Å². The highest BCUT2D eigenvalue weighted by Crippen LogP contribution is 2.21. The molecule has 76 valence electrons. The number of aromatic amines is 1. The molecule has 0 unspecified atom stereocenters. The van der Waals surface area contributed by atoms with E-state index in [1.165, 1.54) is 0 Å². The molecule has 0 fully saturated rings. The molecule has 1 aromatic carbocycles. The summed E-state index contributed by atoms with van der Waals surface area (Å²) < 4.78 is 0. The predicted molar refractivity (Wildman–Crippen MR) is 62.5 cm³/mol. The Hall–Kier alpha value is -0.990. The minimum Gasteiger partial charge on any atom is -0.361 e. The van der Waals surface area contributed by atoms with Crippen LogP contribution in [0.15, 0.2) is 24.4 Å². The van der Waals surface area contributed by atoms with Crippen molar-refractivity contribution in [3.63, 3.8) is 0 Å². The Kier molecular flexibility index (Phi) is 3.98. The highest BCUT2D eigenvalue weighted by Gasteiger charge is 2.01. The SMILES string of the molecule is CC.NCc1c[nH]c2ccc(Cl)cc12. The molecule has 0 saturated heterocycles. The molecule has 0 spiro atoms. The molecule has 2 rings (SSSR count). The molecule has 0 aliphatic heterocycles. The van der Waals surface area contributed by atoms with Gasteiger partial charge in [0.15, 0.2) is 0 Å². The second-order valence-electron chi connectivity index (χ2n) is 2.71. The summed E-state index contributed by atoms with van der Waals surface area (Å²) in [6.07, 6.45) is 1.92. The topological polar surface area (TPSA) is 41.8 Å². The van der Waals surface area contributed by atoms with E-state index in [0.29, 0.717) is 6.54 Å². The molecule has 0 bridgehead atoms. The lowest BCUT2D eigenvalue weighted by Gasteiger charge is -1.93. The normalized spacial score (nSPS) is 9.71. The lowest BCUT2D eigenvalue weighted by Crippen LogP contribution is -1.93. The maximum atomic E-state index is 5.85. The van der Waals surface area contributed by atoms with Gasteiger partial charge in [0.05, 0.1) is 0 Å². The number of aromatic nitrogens is 1. The molecule has 0 saturated carbocycles. The van der Waals surface area contributed by atoms with Crippen LogP contribution in [0.4, 0.5) is 0 Å². The van der Waals surface area contributed by atoms with Gasteiger partial charge >= 0.3 is 0 Å². The first-order valence-corrected chi connectivity index (χ1v) is 5.14. The summed E-state index contributed by atoms with van der Waals surface area (Å²) in [6.45, 7) is 4.54. The zero-order chi connectivity index (χ0) is 10.6. The molecule has 3 N–H and O–H groups in total. The maximum Gasteiger partial charge on any atom is 0.0458 e. The van der Waals surface area contributed by atoms with Crippen molar-refractivity contribution in [2.24, 2.45) is 5.73 Å². The van der Waals surface area contributed by atoms with Crippen LogP contribution in [0.5, 0.6) is 0 Å². The summed E-state index contributed by atoms with van der Waals surface area (Å²) in [6, 6.07) is 5.74. The van der Waals surface area contributed by atoms with E-state index in [1.54, 1.807) is 0 Å². The zero-order valence-electron chi connectivity index (χ0n) is 8.47. The maximum absolute atomic E-state index is 5.85. The van der Waals surface area contributed by atoms with Gasteiger partial charge in [-0.05, 0) is 23.8 Å². The van der Waals surface area contributed by atoms with Gasteiger partial charge < -0.3 is 10.7 Å². The lowest BCUT2D eigenvalue weighted by atomic mass is 10.2. The number of nitrogens with two attached hydrogens (primary N) is 1. The van der Waals surface area contributed by atoms with Crippen LogP contribution in [0, 0.1) is 0 Å². The van der Waals surface area contributed by atoms with Crippen molar-refractivity contribution in [2.45, 2.75) is 20.4 Å². The van der Waals surface area contributed by atoms with E-state index in [2.05, 4.69) is 4.98 Å². The molecule has 0 atom stereocenters. The molecule has 3 heteroatoms. The van der Waals surface area contributed by atoms with E-state index < -0.39 is 0 Å². The number of H-pyrrole nitrogens is 1. The van der Waals surface area contributed by atoms with Crippen LogP contribution in [0.25, 0.3) is 10.9 Å². The summed E-state index contributed by atoms with van der Waals surface area (Å²) in [5.41, 5.74) is 7.73. The first-order valence-electron chi connectivity index (χ1n) is 4.77. The van der Waals surface area contributed by atoms with E-state index in [1.807, 2.05) is 38.2 Å². The number of nitrogens with one attached hydrogen (secondary N) is 1. The van der Waals surface area contributed by atoms with Crippen LogP contribution >= 0.6 is 11.6 Å². The van der Waals surface area contributed by atoms with Crippen molar-refractivity contribution in [2.75, 3.05) is 0 Å². The first kappa shape index (κ1) is 11.1. The molecule has 0 aliphatic rings. The van der Waals surface area contributed by atoms with Gasteiger partial charge in [-0.3, -0.25) is 0 Å². The number of hydrogen-bond acceptors (Lipinski definition) is 1. The third-order valence-electron chi connectivity index (χ3n) is 1.95. The Morgan fingerprint density at radius 1 is 1.36 bits per heavy atom. The molecule has 2 aromatic rings. The molecule has 1 heterocycles.